The SMILES string of the molecule is CCCC[C@H]1C(=O)N(C)[C@@H](CCCC)C(=O)N[C@@H](CC(C)C)C(=O)N[C@H](C(N)=O)CCCC(=O)N[C@@H](Cc2ccc(O)cc2)C(=O)N2CCCC[C@@]23C(=O)N3[C@@H](CC(N)=O)C(=O)N2CCC[C@H]2C(=O)N[C@@H](CN)C(=O)N[C@@H](CCC(=O)O)C(=O)N2C[C@H](O)C[C@H]2C(=O)N[C@@H](Cc2c[nH]c3ccccc23)C(=O)N[C@@H](CCN)C(=O)N[C@@H](Cc2cn(CC(=O)O)c3ccccc23)C(=O)N1C. The lowest BCUT2D eigenvalue weighted by atomic mass is 9.97. The van der Waals surface area contributed by atoms with Crippen molar-refractivity contribution in [3.63, 3.8) is 0 Å². The zero-order valence-corrected chi connectivity index (χ0v) is 75.8. The molecule has 15 atom stereocenters. The molecule has 0 unspecified atom stereocenters. The number of fused-ring (bicyclic) bond motifs is 4. The number of aliphatic carboxylic acids is 2. The maximum Gasteiger partial charge on any atom is 0.323 e. The first-order valence-electron chi connectivity index (χ1n) is 45.6. The highest BCUT2D eigenvalue weighted by Gasteiger charge is 2.72. The fourth-order valence-electron chi connectivity index (χ4n) is 18.4. The van der Waals surface area contributed by atoms with Gasteiger partial charge in [-0.1, -0.05) is 102 Å². The number of aliphatic hydroxyl groups is 1. The van der Waals surface area contributed by atoms with E-state index in [1.165, 1.54) is 58.9 Å². The zero-order chi connectivity index (χ0) is 97.0. The average Bonchev–Trinajstić information content (AvgIpc) is 1.52. The minimum Gasteiger partial charge on any atom is -0.508 e. The molecule has 42 heteroatoms. The van der Waals surface area contributed by atoms with Crippen molar-refractivity contribution in [2.24, 2.45) is 28.9 Å². The summed E-state index contributed by atoms with van der Waals surface area (Å²) in [5.41, 5.74) is 24.6. The third-order valence-electron chi connectivity index (χ3n) is 25.4. The lowest BCUT2D eigenvalue weighted by Gasteiger charge is -2.39. The van der Waals surface area contributed by atoms with Crippen molar-refractivity contribution >= 4 is 128 Å². The van der Waals surface area contributed by atoms with E-state index in [2.05, 4.69) is 47.5 Å². The standard InChI is InChI=1S/C91H126N20O22/c1-7-9-23-68-82(125)101-62(39-50(3)4)79(122)98-59(77(95)120)22-17-27-74(115)97-64(40-51-28-30-54(112)31-29-51)87(130)110-38-16-15-35-91(110)90(133)111(91)72(44-73(94)114)89(132)108-37-18-26-69(108)83(126)104-66(45-93)81(124)100-61(32-33-75(116)117)86(129)109-48-55(113)43-71(109)84(127)102-63(41-52-46-96-58-21-13-11-19-56(52)58)80(123)99-60(34-36-92)78(121)103-65(85(128)106(6)70(24-10-8-2)88(131)105(68)5)42-53-47-107(49-76(118)119)67-25-14-12-20-57(53)67/h11-14,19-21,25,28-31,46-47,50,55,59-66,68-72,96,112-113H,7-10,15-18,22-24,26-27,32-45,48-49,92-93H2,1-6H3,(H2,94,114)(H2,95,120)(H,97,115)(H,98,122)(H,99,123)(H,100,124)(H,101,125)(H,102,127)(H,103,121)(H,104,126)(H,116,117)(H,118,119)/t55-,59+,60+,61+,62+,63+,64+,65+,66+,68+,69+,70+,71+,72+,91-,111?/m1/s1. The van der Waals surface area contributed by atoms with Crippen molar-refractivity contribution in [1.82, 2.24) is 81.5 Å². The Balaban J connectivity index is 1.03. The number of phenols is 1. The Hall–Kier alpha value is -13.1. The van der Waals surface area contributed by atoms with E-state index in [-0.39, 0.29) is 108 Å². The highest BCUT2D eigenvalue weighted by molar-refractivity contribution is 6.10. The van der Waals surface area contributed by atoms with Crippen LogP contribution in [0.2, 0.25) is 0 Å². The number of nitrogens with zero attached hydrogens (tertiary/aromatic N) is 7. The van der Waals surface area contributed by atoms with E-state index in [1.54, 1.807) is 68.6 Å². The van der Waals surface area contributed by atoms with Crippen molar-refractivity contribution in [3.05, 3.63) is 102 Å². The van der Waals surface area contributed by atoms with Gasteiger partial charge in [0.25, 0.3) is 5.91 Å². The number of hydrogen-bond acceptors (Lipinski definition) is 22. The molecule has 21 N–H and O–H groups in total. The van der Waals surface area contributed by atoms with Gasteiger partial charge in [-0.3, -0.25) is 91.2 Å². The van der Waals surface area contributed by atoms with Crippen LogP contribution in [0.15, 0.2) is 85.2 Å². The maximum absolute atomic E-state index is 15.9. The maximum atomic E-state index is 15.9. The van der Waals surface area contributed by atoms with Crippen LogP contribution in [0.25, 0.3) is 21.8 Å². The minimum atomic E-state index is -1.92. The number of piperidine rings is 1. The summed E-state index contributed by atoms with van der Waals surface area (Å²) >= 11 is 0. The van der Waals surface area contributed by atoms with E-state index in [0.717, 1.165) is 19.6 Å². The Morgan fingerprint density at radius 3 is 1.80 bits per heavy atom. The van der Waals surface area contributed by atoms with Crippen LogP contribution < -0.4 is 65.5 Å². The molecule has 0 saturated carbocycles. The van der Waals surface area contributed by atoms with Gasteiger partial charge >= 0.3 is 11.9 Å². The van der Waals surface area contributed by atoms with Crippen LogP contribution in [0.5, 0.6) is 5.75 Å². The van der Waals surface area contributed by atoms with Crippen LogP contribution in [-0.2, 0) is 112 Å². The number of H-pyrrole nitrogens is 1. The molecule has 5 aliphatic heterocycles. The first-order valence-corrected chi connectivity index (χ1v) is 45.6. The van der Waals surface area contributed by atoms with Crippen molar-refractivity contribution in [2.75, 3.05) is 46.8 Å². The molecule has 10 rings (SSSR count). The number of carboxylic acids is 2. The number of primary amides is 2. The topological polar surface area (TPSA) is 628 Å². The first-order chi connectivity index (χ1) is 63.3. The van der Waals surface area contributed by atoms with Crippen molar-refractivity contribution in [2.45, 2.75) is 272 Å². The van der Waals surface area contributed by atoms with Gasteiger partial charge < -0.3 is 120 Å². The fourth-order valence-corrected chi connectivity index (χ4v) is 18.4. The third kappa shape index (κ3) is 25.2. The summed E-state index contributed by atoms with van der Waals surface area (Å²) in [7, 11) is 2.70. The average molecular weight is 1850 g/mol. The Kier molecular flexibility index (Phi) is 35.5. The summed E-state index contributed by atoms with van der Waals surface area (Å²) in [4.78, 5) is 273. The molecular formula is C91H126N20O22. The number of phenolic OH excluding ortho intramolecular Hbond substituents is 1. The van der Waals surface area contributed by atoms with E-state index < -0.39 is 249 Å². The number of nitrogens with two attached hydrogens (primary N) is 4. The van der Waals surface area contributed by atoms with Gasteiger partial charge in [0.1, 0.15) is 90.8 Å². The molecule has 0 bridgehead atoms. The number of carboxylic acid groups (broad SMARTS) is 2. The lowest BCUT2D eigenvalue weighted by molar-refractivity contribution is -0.149. The molecule has 722 valence electrons. The summed E-state index contributed by atoms with van der Waals surface area (Å²) in [5, 5.41) is 64.3. The largest absolute Gasteiger partial charge is 0.508 e. The number of carbonyl (C=O) groups excluding carboxylic acids is 16. The summed E-state index contributed by atoms with van der Waals surface area (Å²) < 4.78 is 1.43. The van der Waals surface area contributed by atoms with Gasteiger partial charge in [-0.15, -0.1) is 0 Å². The summed E-state index contributed by atoms with van der Waals surface area (Å²) in [6, 6.07) is -1.24. The molecule has 0 aliphatic carbocycles. The number of benzene rings is 3. The molecule has 16 amide bonds. The zero-order valence-electron chi connectivity index (χ0n) is 75.8. The molecule has 5 saturated heterocycles. The predicted molar refractivity (Wildman–Crippen MR) is 480 cm³/mol. The van der Waals surface area contributed by atoms with Gasteiger partial charge in [0.15, 0.2) is 5.66 Å². The molecule has 2 aromatic heterocycles. The number of aromatic nitrogens is 2. The van der Waals surface area contributed by atoms with Crippen LogP contribution in [0, 0.1) is 5.92 Å². The molecule has 0 radical (unpaired) electrons. The van der Waals surface area contributed by atoms with Crippen molar-refractivity contribution < 1.29 is 107 Å². The van der Waals surface area contributed by atoms with E-state index in [9.17, 15) is 63.6 Å². The second-order valence-corrected chi connectivity index (χ2v) is 35.5. The normalized spacial score (nSPS) is 26.3. The number of nitrogens with one attached hydrogen (secondary N) is 9. The number of rotatable bonds is 25. The van der Waals surface area contributed by atoms with E-state index >= 15 is 43.2 Å². The molecule has 133 heavy (non-hydrogen) atoms. The number of unbranched alkanes of at least 4 members (excludes halogenated alkanes) is 2. The number of carbonyl (C=O) groups is 18. The number of likely N-dealkylation sites (N-methyl/N-ethyl adjacent to an activating group) is 2. The quantitative estimate of drug-likeness (QED) is 0.0295. The van der Waals surface area contributed by atoms with E-state index in [1.807, 2.05) is 13.8 Å². The number of amides is 16. The number of aromatic amines is 1. The third-order valence-corrected chi connectivity index (χ3v) is 25.4. The molecule has 1 spiro atoms. The highest BCUT2D eigenvalue weighted by Crippen LogP contribution is 2.48. The van der Waals surface area contributed by atoms with Gasteiger partial charge in [0.2, 0.25) is 88.6 Å². The van der Waals surface area contributed by atoms with Gasteiger partial charge in [-0.2, -0.15) is 0 Å². The molecule has 5 aliphatic rings. The first kappa shape index (κ1) is 102. The van der Waals surface area contributed by atoms with Crippen molar-refractivity contribution in [3.8, 4) is 5.75 Å². The summed E-state index contributed by atoms with van der Waals surface area (Å²) in [6.45, 7) is 4.85. The molecule has 5 fully saturated rings. The Morgan fingerprint density at radius 2 is 1.14 bits per heavy atom. The molecule has 3 aromatic carbocycles. The number of aromatic hydroxyl groups is 1. The molecule has 7 heterocycles. The van der Waals surface area contributed by atoms with Crippen LogP contribution in [0.3, 0.4) is 0 Å². The summed E-state index contributed by atoms with van der Waals surface area (Å²) in [6.07, 6.45) is -0.977. The minimum absolute atomic E-state index is 0.0142. The Morgan fingerprint density at radius 1 is 0.541 bits per heavy atom. The monoisotopic (exact) mass is 1850 g/mol. The fraction of sp³-hybridized carbons (Fsp3) is 0.560. The van der Waals surface area contributed by atoms with E-state index in [4.69, 9.17) is 22.9 Å². The second kappa shape index (κ2) is 46.3. The van der Waals surface area contributed by atoms with Crippen LogP contribution >= 0.6 is 0 Å². The van der Waals surface area contributed by atoms with Crippen molar-refractivity contribution in [1.29, 1.82) is 0 Å². The van der Waals surface area contributed by atoms with Gasteiger partial charge in [-0.05, 0) is 130 Å². The number of aliphatic hydroxyl groups excluding tert-OH is 1. The summed E-state index contributed by atoms with van der Waals surface area (Å²) in [5.74, 6) is -18.2. The highest BCUT2D eigenvalue weighted by atomic mass is 16.4. The molecular weight excluding hydrogens is 1730 g/mol. The predicted octanol–water partition coefficient (Wildman–Crippen LogP) is -1.51. The van der Waals surface area contributed by atoms with Crippen LogP contribution in [-0.4, -0.2) is 303 Å². The lowest BCUT2D eigenvalue weighted by Crippen LogP contribution is -2.61. The number of hydrogen-bond donors (Lipinski definition) is 17. The smallest absolute Gasteiger partial charge is 0.323 e. The molecule has 5 aromatic rings. The number of para-hydroxylation sites is 2. The van der Waals surface area contributed by atoms with Crippen LogP contribution in [0.4, 0.5) is 0 Å². The van der Waals surface area contributed by atoms with E-state index in [0.29, 0.717) is 77.0 Å². The van der Waals surface area contributed by atoms with Crippen LogP contribution in [0.1, 0.15) is 173 Å². The van der Waals surface area contributed by atoms with Gasteiger partial charge in [0, 0.05) is 113 Å². The Bertz CT molecular complexity index is 5140. The van der Waals surface area contributed by atoms with Gasteiger partial charge in [0.05, 0.1) is 12.5 Å². The second-order valence-electron chi connectivity index (χ2n) is 35.5. The molecule has 42 nitrogen and oxygen atoms in total. The van der Waals surface area contributed by atoms with Gasteiger partial charge in [-0.25, -0.2) is 0 Å². The Labute approximate surface area is 768 Å².